The lowest BCUT2D eigenvalue weighted by atomic mass is 10.1. The van der Waals surface area contributed by atoms with Gasteiger partial charge in [0.15, 0.2) is 0 Å². The maximum absolute atomic E-state index is 13.2. The Morgan fingerprint density at radius 2 is 1.88 bits per heavy atom. The third-order valence-electron chi connectivity index (χ3n) is 4.85. The Kier molecular flexibility index (Phi) is 6.04. The fourth-order valence-corrected chi connectivity index (χ4v) is 3.46. The van der Waals surface area contributed by atoms with Crippen LogP contribution in [-0.2, 0) is 4.74 Å². The van der Waals surface area contributed by atoms with Crippen LogP contribution < -0.4 is 10.6 Å². The van der Waals surface area contributed by atoms with E-state index in [1.165, 1.54) is 25.0 Å². The number of nitrogens with one attached hydrogen (secondary N) is 2. The number of halogens is 1. The summed E-state index contributed by atoms with van der Waals surface area (Å²) in [5.74, 6) is -0.232. The Labute approximate surface area is 142 Å². The van der Waals surface area contributed by atoms with Crippen molar-refractivity contribution in [2.45, 2.75) is 37.8 Å². The Hall–Kier alpha value is -1.66. The monoisotopic (exact) mass is 335 g/mol. The van der Waals surface area contributed by atoms with Crippen LogP contribution in [0.15, 0.2) is 24.3 Å². The number of benzene rings is 1. The van der Waals surface area contributed by atoms with Crippen LogP contribution >= 0.6 is 0 Å². The molecule has 1 unspecified atom stereocenters. The molecule has 1 aromatic carbocycles. The third kappa shape index (κ3) is 4.68. The second-order valence-corrected chi connectivity index (χ2v) is 6.55. The van der Waals surface area contributed by atoms with Crippen molar-refractivity contribution in [3.05, 3.63) is 35.6 Å². The first kappa shape index (κ1) is 17.2. The highest BCUT2D eigenvalue weighted by molar-refractivity contribution is 5.74. The predicted molar refractivity (Wildman–Crippen MR) is 90.3 cm³/mol. The van der Waals surface area contributed by atoms with Crippen LogP contribution in [0.4, 0.5) is 9.18 Å². The number of carbonyl (C=O) groups excluding carboxylic acids is 1. The van der Waals surface area contributed by atoms with E-state index in [0.29, 0.717) is 19.8 Å². The van der Waals surface area contributed by atoms with Gasteiger partial charge in [0.2, 0.25) is 0 Å². The molecule has 24 heavy (non-hydrogen) atoms. The van der Waals surface area contributed by atoms with Crippen molar-refractivity contribution in [3.8, 4) is 0 Å². The molecule has 132 valence electrons. The van der Waals surface area contributed by atoms with Gasteiger partial charge < -0.3 is 15.4 Å². The molecule has 2 amide bonds. The molecule has 2 saturated heterocycles. The van der Waals surface area contributed by atoms with E-state index in [-0.39, 0.29) is 23.9 Å². The first-order valence-corrected chi connectivity index (χ1v) is 8.84. The minimum absolute atomic E-state index is 0.0912. The predicted octanol–water partition coefficient (Wildman–Crippen LogP) is 2.44. The first-order chi connectivity index (χ1) is 11.7. The van der Waals surface area contributed by atoms with Gasteiger partial charge in [-0.15, -0.1) is 0 Å². The SMILES string of the molecule is O=C(NCC(c1ccc(F)cc1)N1CCCC1)NC1CCOCC1. The molecule has 0 spiro atoms. The quantitative estimate of drug-likeness (QED) is 0.869. The summed E-state index contributed by atoms with van der Waals surface area (Å²) in [4.78, 5) is 14.5. The van der Waals surface area contributed by atoms with Gasteiger partial charge in [-0.25, -0.2) is 9.18 Å². The van der Waals surface area contributed by atoms with Gasteiger partial charge in [-0.05, 0) is 56.5 Å². The van der Waals surface area contributed by atoms with Crippen LogP contribution in [0, 0.1) is 5.82 Å². The molecule has 2 fully saturated rings. The normalized spacial score (nSPS) is 20.7. The summed E-state index contributed by atoms with van der Waals surface area (Å²) >= 11 is 0. The summed E-state index contributed by atoms with van der Waals surface area (Å²) in [7, 11) is 0. The van der Waals surface area contributed by atoms with Crippen molar-refractivity contribution in [3.63, 3.8) is 0 Å². The van der Waals surface area contributed by atoms with E-state index in [2.05, 4.69) is 15.5 Å². The van der Waals surface area contributed by atoms with Gasteiger partial charge in [-0.1, -0.05) is 12.1 Å². The Bertz CT molecular complexity index is 526. The van der Waals surface area contributed by atoms with E-state index in [1.807, 2.05) is 12.1 Å². The molecule has 0 saturated carbocycles. The minimum atomic E-state index is -0.232. The number of urea groups is 1. The molecule has 2 aliphatic heterocycles. The Morgan fingerprint density at radius 3 is 2.54 bits per heavy atom. The Balaban J connectivity index is 1.57. The number of rotatable bonds is 5. The van der Waals surface area contributed by atoms with Crippen molar-refractivity contribution in [2.75, 3.05) is 32.8 Å². The smallest absolute Gasteiger partial charge is 0.315 e. The van der Waals surface area contributed by atoms with Gasteiger partial charge in [0.05, 0.1) is 6.04 Å². The molecule has 1 aromatic rings. The highest BCUT2D eigenvalue weighted by Gasteiger charge is 2.24. The summed E-state index contributed by atoms with van der Waals surface area (Å²) in [6.45, 7) is 3.98. The van der Waals surface area contributed by atoms with E-state index in [9.17, 15) is 9.18 Å². The molecule has 2 aliphatic rings. The van der Waals surface area contributed by atoms with Crippen molar-refractivity contribution in [1.82, 2.24) is 15.5 Å². The number of carbonyl (C=O) groups is 1. The molecule has 6 heteroatoms. The lowest BCUT2D eigenvalue weighted by Crippen LogP contribution is -2.46. The largest absolute Gasteiger partial charge is 0.381 e. The van der Waals surface area contributed by atoms with Crippen molar-refractivity contribution in [1.29, 1.82) is 0 Å². The number of ether oxygens (including phenoxy) is 1. The van der Waals surface area contributed by atoms with Crippen LogP contribution in [0.2, 0.25) is 0 Å². The van der Waals surface area contributed by atoms with E-state index in [1.54, 1.807) is 0 Å². The molecule has 5 nitrogen and oxygen atoms in total. The van der Waals surface area contributed by atoms with E-state index >= 15 is 0 Å². The van der Waals surface area contributed by atoms with Crippen molar-refractivity contribution >= 4 is 6.03 Å². The maximum Gasteiger partial charge on any atom is 0.315 e. The van der Waals surface area contributed by atoms with E-state index in [0.717, 1.165) is 31.5 Å². The van der Waals surface area contributed by atoms with Gasteiger partial charge in [-0.2, -0.15) is 0 Å². The second kappa shape index (κ2) is 8.44. The zero-order chi connectivity index (χ0) is 16.8. The minimum Gasteiger partial charge on any atom is -0.381 e. The zero-order valence-electron chi connectivity index (χ0n) is 14.0. The van der Waals surface area contributed by atoms with Crippen LogP contribution in [0.3, 0.4) is 0 Å². The molecular weight excluding hydrogens is 309 g/mol. The summed E-state index contributed by atoms with van der Waals surface area (Å²) < 4.78 is 18.5. The fourth-order valence-electron chi connectivity index (χ4n) is 3.46. The van der Waals surface area contributed by atoms with Gasteiger partial charge in [0.25, 0.3) is 0 Å². The fraction of sp³-hybridized carbons (Fsp3) is 0.611. The van der Waals surface area contributed by atoms with Gasteiger partial charge >= 0.3 is 6.03 Å². The van der Waals surface area contributed by atoms with Crippen molar-refractivity contribution in [2.24, 2.45) is 0 Å². The maximum atomic E-state index is 13.2. The first-order valence-electron chi connectivity index (χ1n) is 8.84. The van der Waals surface area contributed by atoms with Crippen LogP contribution in [0.1, 0.15) is 37.3 Å². The molecule has 2 N–H and O–H groups in total. The Morgan fingerprint density at radius 1 is 1.21 bits per heavy atom. The lowest BCUT2D eigenvalue weighted by molar-refractivity contribution is 0.0800. The number of hydrogen-bond acceptors (Lipinski definition) is 3. The summed E-state index contributed by atoms with van der Waals surface area (Å²) in [5.41, 5.74) is 1.05. The molecule has 0 aromatic heterocycles. The molecule has 3 rings (SSSR count). The molecule has 1 atom stereocenters. The lowest BCUT2D eigenvalue weighted by Gasteiger charge is -2.29. The summed E-state index contributed by atoms with van der Waals surface area (Å²) in [5, 5.41) is 6.01. The number of nitrogens with zero attached hydrogens (tertiary/aromatic N) is 1. The molecular formula is C18H26FN3O2. The van der Waals surface area contributed by atoms with Gasteiger partial charge in [0, 0.05) is 25.8 Å². The second-order valence-electron chi connectivity index (χ2n) is 6.55. The highest BCUT2D eigenvalue weighted by atomic mass is 19.1. The average molecular weight is 335 g/mol. The standard InChI is InChI=1S/C18H26FN3O2/c19-15-5-3-14(4-6-15)17(22-9-1-2-10-22)13-20-18(23)21-16-7-11-24-12-8-16/h3-6,16-17H,1-2,7-13H2,(H2,20,21,23). The third-order valence-corrected chi connectivity index (χ3v) is 4.85. The molecule has 2 heterocycles. The summed E-state index contributed by atoms with van der Waals surface area (Å²) in [6.07, 6.45) is 4.07. The topological polar surface area (TPSA) is 53.6 Å². The summed E-state index contributed by atoms with van der Waals surface area (Å²) in [6, 6.07) is 6.75. The van der Waals surface area contributed by atoms with E-state index in [4.69, 9.17) is 4.74 Å². The van der Waals surface area contributed by atoms with Crippen LogP contribution in [-0.4, -0.2) is 49.8 Å². The zero-order valence-corrected chi connectivity index (χ0v) is 14.0. The van der Waals surface area contributed by atoms with Crippen LogP contribution in [0.5, 0.6) is 0 Å². The highest BCUT2D eigenvalue weighted by Crippen LogP contribution is 2.24. The molecule has 0 radical (unpaired) electrons. The van der Waals surface area contributed by atoms with Crippen molar-refractivity contribution < 1.29 is 13.9 Å². The molecule has 0 aliphatic carbocycles. The number of amides is 2. The van der Waals surface area contributed by atoms with Crippen LogP contribution in [0.25, 0.3) is 0 Å². The molecule has 0 bridgehead atoms. The van der Waals surface area contributed by atoms with Gasteiger partial charge in [0.1, 0.15) is 5.82 Å². The number of likely N-dealkylation sites (tertiary alicyclic amines) is 1. The average Bonchev–Trinajstić information content (AvgIpc) is 3.12. The van der Waals surface area contributed by atoms with E-state index < -0.39 is 0 Å². The van der Waals surface area contributed by atoms with Gasteiger partial charge in [-0.3, -0.25) is 4.90 Å². The number of hydrogen-bond donors (Lipinski definition) is 2.